The summed E-state index contributed by atoms with van der Waals surface area (Å²) in [4.78, 5) is 34.0. The third-order valence-electron chi connectivity index (χ3n) is 5.21. The van der Waals surface area contributed by atoms with Gasteiger partial charge < -0.3 is 4.90 Å². The van der Waals surface area contributed by atoms with Gasteiger partial charge >= 0.3 is 0 Å². The minimum atomic E-state index is -0.308. The summed E-state index contributed by atoms with van der Waals surface area (Å²) in [5, 5.41) is 0. The van der Waals surface area contributed by atoms with E-state index in [9.17, 15) is 9.59 Å². The first-order chi connectivity index (χ1) is 14.1. The molecule has 1 aliphatic rings. The normalized spacial score (nSPS) is 15.3. The number of aromatic nitrogens is 2. The Morgan fingerprint density at radius 2 is 1.83 bits per heavy atom. The fourth-order valence-electron chi connectivity index (χ4n) is 3.54. The summed E-state index contributed by atoms with van der Waals surface area (Å²) < 4.78 is 1.45. The Morgan fingerprint density at radius 1 is 1.07 bits per heavy atom. The Hall–Kier alpha value is -3.25. The topological polar surface area (TPSA) is 57.9 Å². The van der Waals surface area contributed by atoms with Gasteiger partial charge in [0.1, 0.15) is 11.2 Å². The van der Waals surface area contributed by atoms with Gasteiger partial charge in [-0.15, -0.1) is 0 Å². The molecular weight excluding hydrogens is 364 g/mol. The summed E-state index contributed by atoms with van der Waals surface area (Å²) in [7, 11) is 0. The summed E-state index contributed by atoms with van der Waals surface area (Å²) in [5.74, 6) is -0.238. The predicted octanol–water partition coefficient (Wildman–Crippen LogP) is 2.47. The van der Waals surface area contributed by atoms with Crippen molar-refractivity contribution >= 4 is 17.6 Å². The van der Waals surface area contributed by atoms with Gasteiger partial charge in [-0.3, -0.25) is 18.9 Å². The van der Waals surface area contributed by atoms with Crippen molar-refractivity contribution in [2.45, 2.75) is 6.92 Å². The number of hydrogen-bond donors (Lipinski definition) is 0. The molecule has 1 aliphatic heterocycles. The molecule has 0 spiro atoms. The van der Waals surface area contributed by atoms with Gasteiger partial charge in [0, 0.05) is 45.1 Å². The molecule has 3 heterocycles. The van der Waals surface area contributed by atoms with Crippen LogP contribution in [-0.4, -0.2) is 57.8 Å². The van der Waals surface area contributed by atoms with Crippen molar-refractivity contribution in [1.29, 1.82) is 0 Å². The average molecular weight is 388 g/mol. The zero-order valence-electron chi connectivity index (χ0n) is 16.5. The fraction of sp³-hybridized carbons (Fsp3) is 0.261. The van der Waals surface area contributed by atoms with E-state index in [4.69, 9.17) is 0 Å². The number of aryl methyl sites for hydroxylation is 1. The molecule has 0 N–H and O–H groups in total. The maximum absolute atomic E-state index is 12.9. The number of amides is 1. The summed E-state index contributed by atoms with van der Waals surface area (Å²) in [5.41, 5.74) is 2.50. The molecule has 1 amide bonds. The standard InChI is InChI=1S/C23H24N4O2/c1-18-9-10-21-24-16-20(23(29)27(21)17-18)22(28)26-14-12-25(13-15-26)11-5-8-19-6-3-2-4-7-19/h2-10,16-17H,11-15H2,1H3/b8-5+. The average Bonchev–Trinajstić information content (AvgIpc) is 2.75. The van der Waals surface area contributed by atoms with Crippen molar-refractivity contribution in [3.8, 4) is 0 Å². The molecule has 0 atom stereocenters. The molecule has 1 saturated heterocycles. The number of rotatable bonds is 4. The summed E-state index contributed by atoms with van der Waals surface area (Å²) in [6.07, 6.45) is 7.39. The van der Waals surface area contributed by atoms with Gasteiger partial charge in [0.2, 0.25) is 0 Å². The number of nitrogens with zero attached hydrogens (tertiary/aromatic N) is 4. The first-order valence-corrected chi connectivity index (χ1v) is 9.83. The number of pyridine rings is 1. The number of carbonyl (C=O) groups is 1. The molecule has 1 fully saturated rings. The van der Waals surface area contributed by atoms with Crippen molar-refractivity contribution < 1.29 is 4.79 Å². The molecule has 29 heavy (non-hydrogen) atoms. The lowest BCUT2D eigenvalue weighted by atomic mass is 10.2. The highest BCUT2D eigenvalue weighted by atomic mass is 16.2. The minimum absolute atomic E-state index is 0.130. The summed E-state index contributed by atoms with van der Waals surface area (Å²) in [6, 6.07) is 13.9. The van der Waals surface area contributed by atoms with E-state index in [1.54, 1.807) is 17.2 Å². The van der Waals surface area contributed by atoms with Crippen molar-refractivity contribution in [2.24, 2.45) is 0 Å². The van der Waals surface area contributed by atoms with Gasteiger partial charge in [0.05, 0.1) is 0 Å². The van der Waals surface area contributed by atoms with Crippen molar-refractivity contribution in [1.82, 2.24) is 19.2 Å². The minimum Gasteiger partial charge on any atom is -0.336 e. The Morgan fingerprint density at radius 3 is 2.59 bits per heavy atom. The summed E-state index contributed by atoms with van der Waals surface area (Å²) in [6.45, 7) is 5.53. The van der Waals surface area contributed by atoms with Crippen LogP contribution in [0.25, 0.3) is 11.7 Å². The number of fused-ring (bicyclic) bond motifs is 1. The van der Waals surface area contributed by atoms with Gasteiger partial charge in [-0.25, -0.2) is 4.98 Å². The fourth-order valence-corrected chi connectivity index (χ4v) is 3.54. The molecule has 0 saturated carbocycles. The van der Waals surface area contributed by atoms with Crippen LogP contribution in [0.4, 0.5) is 0 Å². The van der Waals surface area contributed by atoms with Crippen LogP contribution in [0.15, 0.2) is 65.7 Å². The van der Waals surface area contributed by atoms with Crippen LogP contribution >= 0.6 is 0 Å². The highest BCUT2D eigenvalue weighted by Crippen LogP contribution is 2.08. The molecule has 148 valence electrons. The number of carbonyl (C=O) groups excluding carboxylic acids is 1. The largest absolute Gasteiger partial charge is 0.336 e. The molecule has 6 nitrogen and oxygen atoms in total. The van der Waals surface area contributed by atoms with E-state index < -0.39 is 0 Å². The van der Waals surface area contributed by atoms with Gasteiger partial charge in [0.25, 0.3) is 11.5 Å². The lowest BCUT2D eigenvalue weighted by molar-refractivity contribution is 0.0648. The van der Waals surface area contributed by atoms with Crippen LogP contribution in [0.1, 0.15) is 21.5 Å². The second-order valence-corrected chi connectivity index (χ2v) is 7.32. The molecule has 1 aromatic carbocycles. The van der Waals surface area contributed by atoms with Crippen LogP contribution in [-0.2, 0) is 0 Å². The highest BCUT2D eigenvalue weighted by Gasteiger charge is 2.24. The maximum atomic E-state index is 12.9. The number of benzene rings is 1. The van der Waals surface area contributed by atoms with E-state index in [1.807, 2.05) is 31.2 Å². The van der Waals surface area contributed by atoms with Crippen molar-refractivity contribution in [3.63, 3.8) is 0 Å². The number of piperazine rings is 1. The molecule has 4 rings (SSSR count). The highest BCUT2D eigenvalue weighted by molar-refractivity contribution is 5.93. The first-order valence-electron chi connectivity index (χ1n) is 9.83. The zero-order chi connectivity index (χ0) is 20.2. The Balaban J connectivity index is 1.39. The van der Waals surface area contributed by atoms with Crippen LogP contribution in [0.3, 0.4) is 0 Å². The zero-order valence-corrected chi connectivity index (χ0v) is 16.5. The van der Waals surface area contributed by atoms with Crippen molar-refractivity contribution in [2.75, 3.05) is 32.7 Å². The number of hydrogen-bond acceptors (Lipinski definition) is 4. The van der Waals surface area contributed by atoms with E-state index >= 15 is 0 Å². The monoisotopic (exact) mass is 388 g/mol. The van der Waals surface area contributed by atoms with Gasteiger partial charge in [-0.2, -0.15) is 0 Å². The molecule has 0 radical (unpaired) electrons. The molecular formula is C23H24N4O2. The van der Waals surface area contributed by atoms with E-state index in [2.05, 4.69) is 34.2 Å². The Bertz CT molecular complexity index is 1100. The molecule has 2 aromatic heterocycles. The molecule has 3 aromatic rings. The lowest BCUT2D eigenvalue weighted by Crippen LogP contribution is -2.49. The molecule has 6 heteroatoms. The quantitative estimate of drug-likeness (QED) is 0.689. The van der Waals surface area contributed by atoms with E-state index in [0.717, 1.165) is 25.2 Å². The second kappa shape index (κ2) is 8.41. The SMILES string of the molecule is Cc1ccc2ncc(C(=O)N3CCN(C/C=C/c4ccccc4)CC3)c(=O)n2c1. The van der Waals surface area contributed by atoms with Gasteiger partial charge in [-0.1, -0.05) is 48.6 Å². The predicted molar refractivity (Wildman–Crippen MR) is 114 cm³/mol. The van der Waals surface area contributed by atoms with Crippen molar-refractivity contribution in [3.05, 3.63) is 88.0 Å². The Labute approximate surface area is 169 Å². The molecule has 0 unspecified atom stereocenters. The summed E-state index contributed by atoms with van der Waals surface area (Å²) >= 11 is 0. The maximum Gasteiger partial charge on any atom is 0.270 e. The van der Waals surface area contributed by atoms with Gasteiger partial charge in [-0.05, 0) is 24.1 Å². The van der Waals surface area contributed by atoms with Crippen LogP contribution in [0.5, 0.6) is 0 Å². The van der Waals surface area contributed by atoms with Crippen LogP contribution in [0.2, 0.25) is 0 Å². The third kappa shape index (κ3) is 4.27. The third-order valence-corrected chi connectivity index (χ3v) is 5.21. The van der Waals surface area contributed by atoms with Crippen LogP contribution < -0.4 is 5.56 Å². The molecule has 0 bridgehead atoms. The van der Waals surface area contributed by atoms with Gasteiger partial charge in [0.15, 0.2) is 0 Å². The lowest BCUT2D eigenvalue weighted by Gasteiger charge is -2.34. The first kappa shape index (κ1) is 19.1. The second-order valence-electron chi connectivity index (χ2n) is 7.32. The van der Waals surface area contributed by atoms with E-state index in [0.29, 0.717) is 18.7 Å². The van der Waals surface area contributed by atoms with E-state index in [1.165, 1.54) is 16.2 Å². The smallest absolute Gasteiger partial charge is 0.270 e. The van der Waals surface area contributed by atoms with E-state index in [-0.39, 0.29) is 17.0 Å². The molecule has 0 aliphatic carbocycles. The van der Waals surface area contributed by atoms with Crippen LogP contribution in [0, 0.1) is 6.92 Å². The Kier molecular flexibility index (Phi) is 5.53.